The molecular weight excluding hydrogens is 247 g/mol. The van der Waals surface area contributed by atoms with Gasteiger partial charge in [-0.2, -0.15) is 0 Å². The average Bonchev–Trinajstić information content (AvgIpc) is 2.59. The summed E-state index contributed by atoms with van der Waals surface area (Å²) in [5.74, 6) is 0.293. The van der Waals surface area contributed by atoms with E-state index in [1.54, 1.807) is 6.07 Å². The number of ether oxygens (including phenoxy) is 1. The number of hydrogen-bond acceptors (Lipinski definition) is 3. The molecule has 1 aromatic carbocycles. The molecule has 0 radical (unpaired) electrons. The zero-order valence-electron chi connectivity index (χ0n) is 10.8. The van der Waals surface area contributed by atoms with Crippen LogP contribution in [0, 0.1) is 5.82 Å². The molecule has 0 fully saturated rings. The van der Waals surface area contributed by atoms with Crippen LogP contribution < -0.4 is 15.8 Å². The molecule has 3 N–H and O–H groups in total. The van der Waals surface area contributed by atoms with E-state index in [0.29, 0.717) is 31.7 Å². The van der Waals surface area contributed by atoms with E-state index >= 15 is 0 Å². The fourth-order valence-corrected chi connectivity index (χ4v) is 2.23. The van der Waals surface area contributed by atoms with E-state index in [0.717, 1.165) is 18.4 Å². The number of carbonyl (C=O) groups excluding carboxylic acids is 1. The Morgan fingerprint density at radius 1 is 1.53 bits per heavy atom. The van der Waals surface area contributed by atoms with Crippen LogP contribution in [0.5, 0.6) is 5.75 Å². The standard InChI is InChI=1S/C14H19FN2O2/c15-10-5-6-13-11(9-10)12(3-2-8-19-13)17-14(18)4-1-7-16/h5-6,9,12H,1-4,7-8,16H2,(H,17,18). The molecule has 1 atom stereocenters. The van der Waals surface area contributed by atoms with Crippen molar-refractivity contribution in [1.29, 1.82) is 0 Å². The maximum Gasteiger partial charge on any atom is 0.220 e. The summed E-state index contributed by atoms with van der Waals surface area (Å²) in [6.45, 7) is 1.08. The number of nitrogens with one attached hydrogen (secondary N) is 1. The molecule has 0 bridgehead atoms. The first kappa shape index (κ1) is 13.8. The number of nitrogens with two attached hydrogens (primary N) is 1. The molecule has 0 aliphatic carbocycles. The van der Waals surface area contributed by atoms with Crippen LogP contribution in [-0.4, -0.2) is 19.1 Å². The number of hydrogen-bond donors (Lipinski definition) is 2. The predicted octanol–water partition coefficient (Wildman–Crippen LogP) is 1.89. The third kappa shape index (κ3) is 3.67. The highest BCUT2D eigenvalue weighted by Crippen LogP contribution is 2.32. The van der Waals surface area contributed by atoms with Crippen molar-refractivity contribution >= 4 is 5.91 Å². The normalized spacial score (nSPS) is 18.1. The highest BCUT2D eigenvalue weighted by molar-refractivity contribution is 5.76. The minimum atomic E-state index is -0.314. The number of fused-ring (bicyclic) bond motifs is 1. The summed E-state index contributed by atoms with van der Waals surface area (Å²) in [5.41, 5.74) is 6.10. The van der Waals surface area contributed by atoms with E-state index in [1.807, 2.05) is 0 Å². The van der Waals surface area contributed by atoms with Crippen LogP contribution in [0.1, 0.15) is 37.3 Å². The second-order valence-corrected chi connectivity index (χ2v) is 4.69. The minimum absolute atomic E-state index is 0.0486. The van der Waals surface area contributed by atoms with Crippen molar-refractivity contribution in [1.82, 2.24) is 5.32 Å². The van der Waals surface area contributed by atoms with Crippen LogP contribution in [0.25, 0.3) is 0 Å². The number of amides is 1. The highest BCUT2D eigenvalue weighted by atomic mass is 19.1. The summed E-state index contributed by atoms with van der Waals surface area (Å²) in [6.07, 6.45) is 2.65. The predicted molar refractivity (Wildman–Crippen MR) is 70.3 cm³/mol. The van der Waals surface area contributed by atoms with Gasteiger partial charge in [0, 0.05) is 12.0 Å². The van der Waals surface area contributed by atoms with E-state index in [1.165, 1.54) is 12.1 Å². The fraction of sp³-hybridized carbons (Fsp3) is 0.500. The van der Waals surface area contributed by atoms with Gasteiger partial charge in [-0.25, -0.2) is 4.39 Å². The van der Waals surface area contributed by atoms with E-state index in [9.17, 15) is 9.18 Å². The second-order valence-electron chi connectivity index (χ2n) is 4.69. The van der Waals surface area contributed by atoms with E-state index in [2.05, 4.69) is 5.32 Å². The average molecular weight is 266 g/mol. The molecular formula is C14H19FN2O2. The van der Waals surface area contributed by atoms with Crippen molar-refractivity contribution in [3.05, 3.63) is 29.6 Å². The molecule has 104 valence electrons. The van der Waals surface area contributed by atoms with Crippen molar-refractivity contribution < 1.29 is 13.9 Å². The van der Waals surface area contributed by atoms with Gasteiger partial charge < -0.3 is 15.8 Å². The van der Waals surface area contributed by atoms with Gasteiger partial charge in [-0.3, -0.25) is 4.79 Å². The molecule has 2 rings (SSSR count). The van der Waals surface area contributed by atoms with Gasteiger partial charge in [0.1, 0.15) is 11.6 Å². The van der Waals surface area contributed by atoms with Gasteiger partial charge in [0.15, 0.2) is 0 Å². The first-order valence-electron chi connectivity index (χ1n) is 6.62. The second kappa shape index (κ2) is 6.52. The summed E-state index contributed by atoms with van der Waals surface area (Å²) in [7, 11) is 0. The SMILES string of the molecule is NCCCC(=O)NC1CCCOc2ccc(F)cc21. The zero-order valence-corrected chi connectivity index (χ0v) is 10.8. The van der Waals surface area contributed by atoms with Gasteiger partial charge in [-0.05, 0) is 44.0 Å². The quantitative estimate of drug-likeness (QED) is 0.874. The van der Waals surface area contributed by atoms with Gasteiger partial charge >= 0.3 is 0 Å². The Morgan fingerprint density at radius 2 is 2.37 bits per heavy atom. The molecule has 1 aliphatic heterocycles. The van der Waals surface area contributed by atoms with Gasteiger partial charge in [-0.15, -0.1) is 0 Å². The molecule has 0 spiro atoms. The summed E-state index contributed by atoms with van der Waals surface area (Å²) in [4.78, 5) is 11.8. The van der Waals surface area contributed by atoms with Crippen LogP contribution in [-0.2, 0) is 4.79 Å². The van der Waals surface area contributed by atoms with Crippen molar-refractivity contribution in [2.24, 2.45) is 5.73 Å². The topological polar surface area (TPSA) is 64.4 Å². The van der Waals surface area contributed by atoms with Crippen LogP contribution in [0.3, 0.4) is 0 Å². The Kier molecular flexibility index (Phi) is 4.74. The fourth-order valence-electron chi connectivity index (χ4n) is 2.23. The molecule has 0 saturated heterocycles. The Bertz CT molecular complexity index is 451. The molecule has 5 heteroatoms. The smallest absolute Gasteiger partial charge is 0.220 e. The van der Waals surface area contributed by atoms with E-state index in [-0.39, 0.29) is 17.8 Å². The van der Waals surface area contributed by atoms with Crippen molar-refractivity contribution in [2.45, 2.75) is 31.7 Å². The number of benzene rings is 1. The molecule has 0 saturated carbocycles. The molecule has 1 unspecified atom stereocenters. The minimum Gasteiger partial charge on any atom is -0.493 e. The van der Waals surface area contributed by atoms with Crippen molar-refractivity contribution in [2.75, 3.05) is 13.2 Å². The number of carbonyl (C=O) groups is 1. The monoisotopic (exact) mass is 266 g/mol. The molecule has 4 nitrogen and oxygen atoms in total. The maximum atomic E-state index is 13.4. The maximum absolute atomic E-state index is 13.4. The van der Waals surface area contributed by atoms with Crippen LogP contribution in [0.15, 0.2) is 18.2 Å². The van der Waals surface area contributed by atoms with Gasteiger partial charge in [0.2, 0.25) is 5.91 Å². The van der Waals surface area contributed by atoms with Gasteiger partial charge in [-0.1, -0.05) is 0 Å². The third-order valence-electron chi connectivity index (χ3n) is 3.19. The molecule has 0 aromatic heterocycles. The van der Waals surface area contributed by atoms with E-state index < -0.39 is 0 Å². The lowest BCUT2D eigenvalue weighted by Crippen LogP contribution is -2.28. The zero-order chi connectivity index (χ0) is 13.7. The number of rotatable bonds is 4. The summed E-state index contributed by atoms with van der Waals surface area (Å²) >= 11 is 0. The van der Waals surface area contributed by atoms with Gasteiger partial charge in [0.25, 0.3) is 0 Å². The lowest BCUT2D eigenvalue weighted by Gasteiger charge is -2.18. The molecule has 19 heavy (non-hydrogen) atoms. The highest BCUT2D eigenvalue weighted by Gasteiger charge is 2.21. The third-order valence-corrected chi connectivity index (χ3v) is 3.19. The molecule has 1 heterocycles. The summed E-state index contributed by atoms with van der Waals surface area (Å²) in [5, 5.41) is 2.94. The summed E-state index contributed by atoms with van der Waals surface area (Å²) < 4.78 is 18.9. The first-order chi connectivity index (χ1) is 9.20. The first-order valence-corrected chi connectivity index (χ1v) is 6.62. The Hall–Kier alpha value is -1.62. The van der Waals surface area contributed by atoms with Crippen LogP contribution in [0.4, 0.5) is 4.39 Å². The van der Waals surface area contributed by atoms with Crippen LogP contribution >= 0.6 is 0 Å². The molecule has 1 aromatic rings. The van der Waals surface area contributed by atoms with Crippen LogP contribution in [0.2, 0.25) is 0 Å². The Balaban J connectivity index is 2.12. The number of halogens is 1. The Labute approximate surface area is 112 Å². The lowest BCUT2D eigenvalue weighted by molar-refractivity contribution is -0.121. The summed E-state index contributed by atoms with van der Waals surface area (Å²) in [6, 6.07) is 4.25. The van der Waals surface area contributed by atoms with Crippen molar-refractivity contribution in [3.8, 4) is 5.75 Å². The molecule has 1 aliphatic rings. The largest absolute Gasteiger partial charge is 0.493 e. The van der Waals surface area contributed by atoms with Crippen molar-refractivity contribution in [3.63, 3.8) is 0 Å². The van der Waals surface area contributed by atoms with Gasteiger partial charge in [0.05, 0.1) is 12.6 Å². The Morgan fingerprint density at radius 3 is 3.16 bits per heavy atom. The van der Waals surface area contributed by atoms with E-state index in [4.69, 9.17) is 10.5 Å². The lowest BCUT2D eigenvalue weighted by atomic mass is 10.0. The molecule has 1 amide bonds.